The van der Waals surface area contributed by atoms with Gasteiger partial charge >= 0.3 is 0 Å². The number of benzene rings is 1. The molecule has 4 rings (SSSR count). The third-order valence-corrected chi connectivity index (χ3v) is 6.36. The van der Waals surface area contributed by atoms with Crippen LogP contribution in [0.4, 0.5) is 0 Å². The molecule has 2 aliphatic rings. The molecule has 0 radical (unpaired) electrons. The first-order chi connectivity index (χ1) is 10.7. The quantitative estimate of drug-likeness (QED) is 0.861. The zero-order valence-electron chi connectivity index (χ0n) is 13.0. The molecule has 2 aromatic rings. The van der Waals surface area contributed by atoms with E-state index >= 15 is 0 Å². The van der Waals surface area contributed by atoms with E-state index in [1.165, 1.54) is 24.0 Å². The number of fused-ring (bicyclic) bond motifs is 3. The second-order valence-corrected chi connectivity index (χ2v) is 7.74. The maximum atomic E-state index is 12.8. The molecule has 1 amide bonds. The van der Waals surface area contributed by atoms with Crippen LogP contribution in [-0.2, 0) is 0 Å². The molecule has 5 heteroatoms. The zero-order valence-corrected chi connectivity index (χ0v) is 14.7. The fraction of sp³-hybridized carbons (Fsp3) is 0.500. The van der Waals surface area contributed by atoms with Crippen LogP contribution in [0.1, 0.15) is 42.5 Å². The van der Waals surface area contributed by atoms with Crippen LogP contribution in [0, 0.1) is 11.8 Å². The SMILES string of the molecule is Cl.NC1CC2CCCC(C1)C2NC(=O)c1csc2ccccc12. The molecule has 2 atom stereocenters. The molecule has 2 aliphatic carbocycles. The summed E-state index contributed by atoms with van der Waals surface area (Å²) in [7, 11) is 0. The summed E-state index contributed by atoms with van der Waals surface area (Å²) in [5, 5.41) is 6.41. The normalized spacial score (nSPS) is 29.8. The number of rotatable bonds is 2. The molecule has 23 heavy (non-hydrogen) atoms. The second-order valence-electron chi connectivity index (χ2n) is 6.83. The van der Waals surface area contributed by atoms with Gasteiger partial charge in [0.15, 0.2) is 0 Å². The van der Waals surface area contributed by atoms with Crippen molar-refractivity contribution in [3.63, 3.8) is 0 Å². The molecule has 1 aromatic heterocycles. The number of carbonyl (C=O) groups is 1. The number of hydrogen-bond acceptors (Lipinski definition) is 3. The van der Waals surface area contributed by atoms with E-state index in [0.717, 1.165) is 23.8 Å². The molecule has 3 N–H and O–H groups in total. The van der Waals surface area contributed by atoms with Gasteiger partial charge in [-0.05, 0) is 43.6 Å². The molecular weight excluding hydrogens is 328 g/mol. The van der Waals surface area contributed by atoms with Gasteiger partial charge < -0.3 is 11.1 Å². The molecule has 0 spiro atoms. The van der Waals surface area contributed by atoms with Crippen molar-refractivity contribution in [3.8, 4) is 0 Å². The molecule has 0 saturated heterocycles. The molecular formula is C18H23ClN2OS. The van der Waals surface area contributed by atoms with Crippen LogP contribution in [0.5, 0.6) is 0 Å². The van der Waals surface area contributed by atoms with Crippen molar-refractivity contribution in [2.75, 3.05) is 0 Å². The van der Waals surface area contributed by atoms with Crippen molar-refractivity contribution in [2.45, 2.75) is 44.2 Å². The summed E-state index contributed by atoms with van der Waals surface area (Å²) in [6, 6.07) is 8.78. The van der Waals surface area contributed by atoms with Crippen LogP contribution in [0.25, 0.3) is 10.1 Å². The Labute approximate surface area is 147 Å². The number of thiophene rings is 1. The van der Waals surface area contributed by atoms with Gasteiger partial charge in [0.05, 0.1) is 5.56 Å². The van der Waals surface area contributed by atoms with Gasteiger partial charge in [0.25, 0.3) is 5.91 Å². The number of hydrogen-bond donors (Lipinski definition) is 2. The lowest BCUT2D eigenvalue weighted by Gasteiger charge is -2.45. The van der Waals surface area contributed by atoms with E-state index in [2.05, 4.69) is 11.4 Å². The van der Waals surface area contributed by atoms with E-state index in [9.17, 15) is 4.79 Å². The molecule has 1 aromatic carbocycles. The summed E-state index contributed by atoms with van der Waals surface area (Å²) >= 11 is 1.65. The maximum Gasteiger partial charge on any atom is 0.252 e. The van der Waals surface area contributed by atoms with Crippen LogP contribution in [0.3, 0.4) is 0 Å². The highest BCUT2D eigenvalue weighted by Gasteiger charge is 2.40. The Hall–Kier alpha value is -1.10. The fourth-order valence-corrected chi connectivity index (χ4v) is 5.35. The number of carbonyl (C=O) groups excluding carboxylic acids is 1. The summed E-state index contributed by atoms with van der Waals surface area (Å²) in [5.74, 6) is 1.22. The standard InChI is InChI=1S/C18H22N2OS.ClH/c19-13-8-11-4-3-5-12(9-13)17(11)20-18(21)15-10-22-16-7-2-1-6-14(15)16;/h1-2,6-7,10-13,17H,3-5,8-9,19H2,(H,20,21);1H. The maximum absolute atomic E-state index is 12.8. The molecule has 2 fully saturated rings. The van der Waals surface area contributed by atoms with Crippen LogP contribution >= 0.6 is 23.7 Å². The van der Waals surface area contributed by atoms with Crippen LogP contribution < -0.4 is 11.1 Å². The second kappa shape index (κ2) is 6.80. The van der Waals surface area contributed by atoms with Gasteiger partial charge in [-0.2, -0.15) is 0 Å². The molecule has 2 unspecified atom stereocenters. The van der Waals surface area contributed by atoms with Crippen molar-refractivity contribution in [1.29, 1.82) is 0 Å². The monoisotopic (exact) mass is 350 g/mol. The number of nitrogens with two attached hydrogens (primary N) is 1. The van der Waals surface area contributed by atoms with E-state index in [1.807, 2.05) is 23.6 Å². The third-order valence-electron chi connectivity index (χ3n) is 5.40. The molecule has 3 nitrogen and oxygen atoms in total. The van der Waals surface area contributed by atoms with E-state index in [1.54, 1.807) is 11.3 Å². The predicted molar refractivity (Wildman–Crippen MR) is 98.4 cm³/mol. The van der Waals surface area contributed by atoms with Gasteiger partial charge in [-0.1, -0.05) is 24.6 Å². The van der Waals surface area contributed by atoms with Gasteiger partial charge in [0.2, 0.25) is 0 Å². The molecule has 1 heterocycles. The summed E-state index contributed by atoms with van der Waals surface area (Å²) in [5.41, 5.74) is 7.00. The fourth-order valence-electron chi connectivity index (χ4n) is 4.41. The summed E-state index contributed by atoms with van der Waals surface area (Å²) in [4.78, 5) is 12.8. The third kappa shape index (κ3) is 3.12. The Morgan fingerprint density at radius 1 is 1.17 bits per heavy atom. The van der Waals surface area contributed by atoms with E-state index in [-0.39, 0.29) is 18.3 Å². The van der Waals surface area contributed by atoms with Gasteiger partial charge in [-0.25, -0.2) is 0 Å². The number of nitrogens with one attached hydrogen (secondary N) is 1. The smallest absolute Gasteiger partial charge is 0.252 e. The zero-order chi connectivity index (χ0) is 15.1. The lowest BCUT2D eigenvalue weighted by molar-refractivity contribution is 0.0758. The Bertz CT molecular complexity index is 687. The average Bonchev–Trinajstić information content (AvgIpc) is 2.92. The molecule has 124 valence electrons. The van der Waals surface area contributed by atoms with Crippen LogP contribution in [0.15, 0.2) is 29.6 Å². The Morgan fingerprint density at radius 2 is 1.87 bits per heavy atom. The average molecular weight is 351 g/mol. The van der Waals surface area contributed by atoms with Crippen LogP contribution in [-0.4, -0.2) is 18.0 Å². The molecule has 2 saturated carbocycles. The highest BCUT2D eigenvalue weighted by molar-refractivity contribution is 7.17. The Balaban J connectivity index is 0.00000156. The van der Waals surface area contributed by atoms with Gasteiger partial charge in [0, 0.05) is 27.5 Å². The summed E-state index contributed by atoms with van der Waals surface area (Å²) in [6.07, 6.45) is 5.83. The Kier molecular flexibility index (Phi) is 4.95. The lowest BCUT2D eigenvalue weighted by atomic mass is 9.67. The first kappa shape index (κ1) is 16.7. The Morgan fingerprint density at radius 3 is 2.61 bits per heavy atom. The lowest BCUT2D eigenvalue weighted by Crippen LogP contribution is -2.53. The van der Waals surface area contributed by atoms with Gasteiger partial charge in [-0.3, -0.25) is 4.79 Å². The molecule has 0 aliphatic heterocycles. The van der Waals surface area contributed by atoms with Crippen molar-refractivity contribution in [3.05, 3.63) is 35.2 Å². The van der Waals surface area contributed by atoms with E-state index in [4.69, 9.17) is 5.73 Å². The highest BCUT2D eigenvalue weighted by atomic mass is 35.5. The van der Waals surface area contributed by atoms with Crippen LogP contribution in [0.2, 0.25) is 0 Å². The summed E-state index contributed by atoms with van der Waals surface area (Å²) in [6.45, 7) is 0. The minimum absolute atomic E-state index is 0. The van der Waals surface area contributed by atoms with Crippen molar-refractivity contribution in [2.24, 2.45) is 17.6 Å². The largest absolute Gasteiger partial charge is 0.349 e. The molecule has 2 bridgehead atoms. The minimum Gasteiger partial charge on any atom is -0.349 e. The van der Waals surface area contributed by atoms with Gasteiger partial charge in [0.1, 0.15) is 0 Å². The topological polar surface area (TPSA) is 55.1 Å². The highest BCUT2D eigenvalue weighted by Crippen LogP contribution is 2.40. The predicted octanol–water partition coefficient (Wildman–Crippen LogP) is 3.96. The number of amides is 1. The first-order valence-corrected chi connectivity index (χ1v) is 9.13. The van der Waals surface area contributed by atoms with Crippen molar-refractivity contribution >= 4 is 39.7 Å². The van der Waals surface area contributed by atoms with Crippen molar-refractivity contribution < 1.29 is 4.79 Å². The summed E-state index contributed by atoms with van der Waals surface area (Å²) < 4.78 is 1.18. The van der Waals surface area contributed by atoms with E-state index < -0.39 is 0 Å². The van der Waals surface area contributed by atoms with Gasteiger partial charge in [-0.15, -0.1) is 23.7 Å². The number of halogens is 1. The van der Waals surface area contributed by atoms with E-state index in [0.29, 0.717) is 23.9 Å². The van der Waals surface area contributed by atoms with Crippen molar-refractivity contribution in [1.82, 2.24) is 5.32 Å². The minimum atomic E-state index is 0. The first-order valence-electron chi connectivity index (χ1n) is 8.25.